The van der Waals surface area contributed by atoms with Crippen molar-refractivity contribution < 1.29 is 22.3 Å². The van der Waals surface area contributed by atoms with E-state index in [1.807, 2.05) is 37.3 Å². The molecule has 0 aliphatic carbocycles. The van der Waals surface area contributed by atoms with Crippen molar-refractivity contribution in [3.05, 3.63) is 77.6 Å². The quantitative estimate of drug-likeness (QED) is 0.535. The van der Waals surface area contributed by atoms with Crippen molar-refractivity contribution in [3.63, 3.8) is 0 Å². The van der Waals surface area contributed by atoms with Gasteiger partial charge in [-0.2, -0.15) is 4.31 Å². The first-order chi connectivity index (χ1) is 15.8. The molecule has 1 heterocycles. The number of halogens is 1. The molecular weight excluding hydrogens is 443 g/mol. The molecule has 2 atom stereocenters. The number of methoxy groups -OCH3 is 1. The molecular formula is C25H31FN2O4S. The summed E-state index contributed by atoms with van der Waals surface area (Å²) in [6.07, 6.45) is 4.95. The summed E-state index contributed by atoms with van der Waals surface area (Å²) in [6, 6.07) is 12.1. The Hall–Kier alpha value is -2.71. The molecule has 0 saturated carbocycles. The van der Waals surface area contributed by atoms with E-state index >= 15 is 0 Å². The van der Waals surface area contributed by atoms with E-state index in [0.717, 1.165) is 17.5 Å². The molecule has 8 heteroatoms. The van der Waals surface area contributed by atoms with Crippen LogP contribution in [0.15, 0.2) is 60.7 Å². The lowest BCUT2D eigenvalue weighted by Crippen LogP contribution is -2.51. The Balaban J connectivity index is 2.01. The first kappa shape index (κ1) is 24.9. The van der Waals surface area contributed by atoms with E-state index in [1.54, 1.807) is 37.1 Å². The van der Waals surface area contributed by atoms with Crippen LogP contribution in [0.3, 0.4) is 0 Å². The Bertz CT molecular complexity index is 1070. The van der Waals surface area contributed by atoms with Crippen LogP contribution in [0.4, 0.5) is 4.39 Å². The van der Waals surface area contributed by atoms with Crippen LogP contribution in [0.5, 0.6) is 5.75 Å². The van der Waals surface area contributed by atoms with Crippen LogP contribution < -0.4 is 4.74 Å². The van der Waals surface area contributed by atoms with Gasteiger partial charge in [0.05, 0.1) is 18.9 Å². The fourth-order valence-corrected chi connectivity index (χ4v) is 5.68. The minimum atomic E-state index is -3.59. The van der Waals surface area contributed by atoms with E-state index in [0.29, 0.717) is 12.2 Å². The van der Waals surface area contributed by atoms with Crippen molar-refractivity contribution in [1.29, 1.82) is 0 Å². The zero-order valence-electron chi connectivity index (χ0n) is 19.3. The van der Waals surface area contributed by atoms with Crippen LogP contribution in [-0.2, 0) is 21.4 Å². The highest BCUT2D eigenvalue weighted by Gasteiger charge is 2.36. The van der Waals surface area contributed by atoms with E-state index in [1.165, 1.54) is 16.4 Å². The van der Waals surface area contributed by atoms with Crippen molar-refractivity contribution in [2.45, 2.75) is 45.3 Å². The molecule has 3 rings (SSSR count). The molecule has 1 aliphatic rings. The first-order valence-electron chi connectivity index (χ1n) is 11.1. The Morgan fingerprint density at radius 1 is 1.09 bits per heavy atom. The molecule has 0 saturated heterocycles. The third kappa shape index (κ3) is 6.00. The zero-order chi connectivity index (χ0) is 24.0. The summed E-state index contributed by atoms with van der Waals surface area (Å²) in [5, 5.41) is 0. The number of sulfonamides is 1. The molecule has 1 amide bonds. The number of rotatable bonds is 8. The molecule has 2 aromatic rings. The van der Waals surface area contributed by atoms with Crippen LogP contribution in [-0.4, -0.2) is 49.0 Å². The summed E-state index contributed by atoms with van der Waals surface area (Å²) in [7, 11) is -2.00. The Morgan fingerprint density at radius 2 is 1.76 bits per heavy atom. The maximum atomic E-state index is 13.7. The van der Waals surface area contributed by atoms with E-state index in [2.05, 4.69) is 0 Å². The van der Waals surface area contributed by atoms with Crippen molar-refractivity contribution in [3.8, 4) is 5.75 Å². The summed E-state index contributed by atoms with van der Waals surface area (Å²) < 4.78 is 45.9. The van der Waals surface area contributed by atoms with Gasteiger partial charge in [0.2, 0.25) is 15.9 Å². The van der Waals surface area contributed by atoms with Gasteiger partial charge < -0.3 is 9.64 Å². The van der Waals surface area contributed by atoms with Gasteiger partial charge >= 0.3 is 0 Å². The number of hydrogen-bond donors (Lipinski definition) is 0. The molecule has 1 aliphatic heterocycles. The summed E-state index contributed by atoms with van der Waals surface area (Å²) >= 11 is 0. The van der Waals surface area contributed by atoms with Crippen LogP contribution in [0.2, 0.25) is 0 Å². The van der Waals surface area contributed by atoms with E-state index in [4.69, 9.17) is 4.74 Å². The molecule has 6 nitrogen and oxygen atoms in total. The predicted octanol–water partition coefficient (Wildman–Crippen LogP) is 4.29. The average Bonchev–Trinajstić information content (AvgIpc) is 2.81. The largest absolute Gasteiger partial charge is 0.497 e. The van der Waals surface area contributed by atoms with E-state index in [9.17, 15) is 17.6 Å². The number of nitrogens with zero attached hydrogens (tertiary/aromatic N) is 2. The van der Waals surface area contributed by atoms with Crippen molar-refractivity contribution in [1.82, 2.24) is 9.21 Å². The van der Waals surface area contributed by atoms with Crippen molar-refractivity contribution in [2.75, 3.05) is 19.4 Å². The second kappa shape index (κ2) is 10.9. The average molecular weight is 475 g/mol. The van der Waals surface area contributed by atoms with Crippen molar-refractivity contribution >= 4 is 15.9 Å². The van der Waals surface area contributed by atoms with Gasteiger partial charge in [0.15, 0.2) is 0 Å². The topological polar surface area (TPSA) is 66.9 Å². The Morgan fingerprint density at radius 3 is 2.36 bits per heavy atom. The highest BCUT2D eigenvalue weighted by molar-refractivity contribution is 7.89. The van der Waals surface area contributed by atoms with Gasteiger partial charge in [0, 0.05) is 13.1 Å². The monoisotopic (exact) mass is 474 g/mol. The molecule has 33 heavy (non-hydrogen) atoms. The number of unbranched alkanes of at least 4 members (excludes halogenated alkanes) is 1. The van der Waals surface area contributed by atoms with Gasteiger partial charge in [-0.3, -0.25) is 4.79 Å². The van der Waals surface area contributed by atoms with Gasteiger partial charge in [-0.05, 0) is 48.7 Å². The summed E-state index contributed by atoms with van der Waals surface area (Å²) in [4.78, 5) is 15.3. The second-order valence-electron chi connectivity index (χ2n) is 8.15. The molecule has 0 unspecified atom stereocenters. The fraction of sp³-hybridized carbons (Fsp3) is 0.400. The van der Waals surface area contributed by atoms with Crippen LogP contribution >= 0.6 is 0 Å². The Labute approximate surface area is 195 Å². The normalized spacial score (nSPS) is 20.8. The van der Waals surface area contributed by atoms with E-state index in [-0.39, 0.29) is 30.6 Å². The minimum Gasteiger partial charge on any atom is -0.497 e. The lowest BCUT2D eigenvalue weighted by Gasteiger charge is -2.37. The molecule has 0 bridgehead atoms. The lowest BCUT2D eigenvalue weighted by atomic mass is 10.0. The molecule has 0 spiro atoms. The van der Waals surface area contributed by atoms with Gasteiger partial charge in [-0.1, -0.05) is 49.8 Å². The third-order valence-corrected chi connectivity index (χ3v) is 7.83. The number of hydrogen-bond acceptors (Lipinski definition) is 4. The first-order valence-corrected chi connectivity index (χ1v) is 12.7. The molecule has 178 valence electrons. The fourth-order valence-electron chi connectivity index (χ4n) is 3.91. The molecule has 0 aromatic heterocycles. The lowest BCUT2D eigenvalue weighted by molar-refractivity contribution is -0.137. The van der Waals surface area contributed by atoms with Gasteiger partial charge in [-0.15, -0.1) is 0 Å². The molecule has 0 fully saturated rings. The highest BCUT2D eigenvalue weighted by atomic mass is 32.2. The SMILES string of the molecule is CCCCS(=O)(=O)N1C/C=C\[C@H](c2ccc(OC)cc2)N(Cc2ccc(F)cc2)C(=O)[C@@H]1C. The smallest absolute Gasteiger partial charge is 0.241 e. The second-order valence-corrected chi connectivity index (χ2v) is 10.2. The number of ether oxygens (including phenoxy) is 1. The van der Waals surface area contributed by atoms with Gasteiger partial charge in [0.25, 0.3) is 0 Å². The van der Waals surface area contributed by atoms with Crippen LogP contribution in [0, 0.1) is 5.82 Å². The third-order valence-electron chi connectivity index (χ3n) is 5.85. The number of benzene rings is 2. The van der Waals surface area contributed by atoms with Gasteiger partial charge in [-0.25, -0.2) is 12.8 Å². The van der Waals surface area contributed by atoms with Crippen LogP contribution in [0.25, 0.3) is 0 Å². The van der Waals surface area contributed by atoms with Crippen LogP contribution in [0.1, 0.15) is 43.9 Å². The summed E-state index contributed by atoms with van der Waals surface area (Å²) in [5.41, 5.74) is 1.63. The maximum absolute atomic E-state index is 13.7. The standard InChI is InChI=1S/C25H31FN2O4S/c1-4-5-17-33(30,31)28-16-6-7-24(21-10-14-23(32-3)15-11-21)27(25(29)19(28)2)18-20-8-12-22(26)13-9-20/h6-15,19,24H,4-5,16-18H2,1-3H3/b7-6-/t19-,24+/m0/s1. The number of amides is 1. The van der Waals surface area contributed by atoms with E-state index < -0.39 is 22.1 Å². The maximum Gasteiger partial charge on any atom is 0.241 e. The van der Waals surface area contributed by atoms with Crippen molar-refractivity contribution in [2.24, 2.45) is 0 Å². The molecule has 0 N–H and O–H groups in total. The Kier molecular flexibility index (Phi) is 8.26. The summed E-state index contributed by atoms with van der Waals surface area (Å²) in [6.45, 7) is 3.92. The number of carbonyl (C=O) groups is 1. The summed E-state index contributed by atoms with van der Waals surface area (Å²) in [5.74, 6) is 0.0523. The van der Waals surface area contributed by atoms with Gasteiger partial charge in [0.1, 0.15) is 17.6 Å². The molecule has 0 radical (unpaired) electrons. The predicted molar refractivity (Wildman–Crippen MR) is 127 cm³/mol. The number of carbonyl (C=O) groups excluding carboxylic acids is 1. The zero-order valence-corrected chi connectivity index (χ0v) is 20.1. The molecule has 2 aromatic carbocycles. The minimum absolute atomic E-state index is 0.00876. The highest BCUT2D eigenvalue weighted by Crippen LogP contribution is 2.30.